The number of carbonyl (C=O) groups excluding carboxylic acids is 1. The Balaban J connectivity index is 1.40. The lowest BCUT2D eigenvalue weighted by Crippen LogP contribution is -2.04. The van der Waals surface area contributed by atoms with Crippen LogP contribution in [0.2, 0.25) is 0 Å². The van der Waals surface area contributed by atoms with Gasteiger partial charge in [0.05, 0.1) is 0 Å². The summed E-state index contributed by atoms with van der Waals surface area (Å²) in [5.74, 6) is 0.0407. The third-order valence-corrected chi connectivity index (χ3v) is 9.38. The summed E-state index contributed by atoms with van der Waals surface area (Å²) in [4.78, 5) is 19.1. The summed E-state index contributed by atoms with van der Waals surface area (Å²) in [6.45, 7) is 0. The number of fused-ring (bicyclic) bond motifs is 1. The zero-order valence-electron chi connectivity index (χ0n) is 18.7. The van der Waals surface area contributed by atoms with Crippen LogP contribution in [0.3, 0.4) is 0 Å². The highest BCUT2D eigenvalue weighted by Gasteiger charge is 2.17. The predicted molar refractivity (Wildman–Crippen MR) is 153 cm³/mol. The number of thiophene rings is 3. The minimum atomic E-state index is 0.0407. The molecule has 0 saturated carbocycles. The highest BCUT2D eigenvalue weighted by molar-refractivity contribution is 7.26. The van der Waals surface area contributed by atoms with E-state index in [9.17, 15) is 4.79 Å². The van der Waals surface area contributed by atoms with Crippen LogP contribution in [-0.2, 0) is 4.79 Å². The molecule has 5 aromatic rings. The van der Waals surface area contributed by atoms with Crippen LogP contribution in [0.15, 0.2) is 115 Å². The Bertz CT molecular complexity index is 1590. The van der Waals surface area contributed by atoms with Gasteiger partial charge >= 0.3 is 0 Å². The average Bonchev–Trinajstić information content (AvgIpc) is 3.67. The number of hydrogen-bond acceptors (Lipinski definition) is 4. The Hall–Kier alpha value is -3.57. The fourth-order valence-corrected chi connectivity index (χ4v) is 7.17. The second kappa shape index (κ2) is 9.59. The quantitative estimate of drug-likeness (QED) is 0.218. The molecule has 3 aromatic heterocycles. The van der Waals surface area contributed by atoms with Gasteiger partial charge in [0.1, 0.15) is 0 Å². The van der Waals surface area contributed by atoms with Crippen LogP contribution in [-0.4, -0.2) is 5.78 Å². The van der Waals surface area contributed by atoms with Gasteiger partial charge in [-0.25, -0.2) is 0 Å². The van der Waals surface area contributed by atoms with Crippen molar-refractivity contribution in [3.63, 3.8) is 0 Å². The molecule has 0 atom stereocenters. The molecule has 0 bridgehead atoms. The van der Waals surface area contributed by atoms with Crippen molar-refractivity contribution in [3.8, 4) is 19.5 Å². The van der Waals surface area contributed by atoms with E-state index in [0.29, 0.717) is 0 Å². The summed E-state index contributed by atoms with van der Waals surface area (Å²) in [5, 5.41) is 2.12. The lowest BCUT2D eigenvalue weighted by molar-refractivity contribution is -0.109. The Morgan fingerprint density at radius 2 is 1.40 bits per heavy atom. The molecule has 2 aromatic carbocycles. The third-order valence-electron chi connectivity index (χ3n) is 5.92. The van der Waals surface area contributed by atoms with Crippen LogP contribution in [0.25, 0.3) is 36.7 Å². The minimum Gasteiger partial charge on any atom is -0.289 e. The predicted octanol–water partition coefficient (Wildman–Crippen LogP) is 9.32. The second-order valence-electron chi connectivity index (χ2n) is 8.12. The third kappa shape index (κ3) is 4.44. The topological polar surface area (TPSA) is 17.1 Å². The first-order valence-electron chi connectivity index (χ1n) is 11.3. The second-order valence-corrected chi connectivity index (χ2v) is 11.2. The smallest absolute Gasteiger partial charge is 0.186 e. The van der Waals surface area contributed by atoms with E-state index in [1.165, 1.54) is 24.4 Å². The Labute approximate surface area is 216 Å². The normalized spacial score (nSPS) is 14.5. The van der Waals surface area contributed by atoms with Gasteiger partial charge in [0.15, 0.2) is 5.78 Å². The molecule has 0 radical (unpaired) electrons. The van der Waals surface area contributed by atoms with E-state index in [1.54, 1.807) is 28.7 Å². The zero-order chi connectivity index (χ0) is 23.6. The number of rotatable bonds is 5. The number of allylic oxidation sites excluding steroid dienone is 4. The van der Waals surface area contributed by atoms with Crippen LogP contribution in [0.4, 0.5) is 0 Å². The van der Waals surface area contributed by atoms with E-state index in [2.05, 4.69) is 72.1 Å². The van der Waals surface area contributed by atoms with E-state index in [-0.39, 0.29) is 5.78 Å². The first-order chi connectivity index (χ1) is 17.3. The van der Waals surface area contributed by atoms with E-state index in [0.717, 1.165) is 27.8 Å². The van der Waals surface area contributed by atoms with Gasteiger partial charge in [-0.05, 0) is 70.1 Å². The Morgan fingerprint density at radius 3 is 2.23 bits per heavy atom. The van der Waals surface area contributed by atoms with Crippen molar-refractivity contribution in [1.29, 1.82) is 0 Å². The summed E-state index contributed by atoms with van der Waals surface area (Å²) in [7, 11) is 0. The van der Waals surface area contributed by atoms with Crippen molar-refractivity contribution < 1.29 is 4.79 Å². The molecule has 1 nitrogen and oxygen atoms in total. The maximum absolute atomic E-state index is 12.8. The number of ketones is 1. The lowest BCUT2D eigenvalue weighted by Gasteiger charge is -2.12. The minimum absolute atomic E-state index is 0.0407. The lowest BCUT2D eigenvalue weighted by atomic mass is 9.90. The van der Waals surface area contributed by atoms with Crippen LogP contribution in [0, 0.1) is 0 Å². The largest absolute Gasteiger partial charge is 0.289 e. The van der Waals surface area contributed by atoms with Crippen molar-refractivity contribution >= 4 is 57.0 Å². The SMILES string of the molecule is O=C1C=Cc2ccccc2/C1=C/C=C(\c1ccccc1)c1ccc(-c2ccc(-c3cccs3)s2)s1. The maximum Gasteiger partial charge on any atom is 0.186 e. The number of hydrogen-bond donors (Lipinski definition) is 0. The molecule has 1 aliphatic carbocycles. The van der Waals surface area contributed by atoms with Crippen molar-refractivity contribution in [2.45, 2.75) is 0 Å². The first-order valence-corrected chi connectivity index (χ1v) is 13.8. The molecule has 0 fully saturated rings. The molecular weight excluding hydrogens is 485 g/mol. The molecule has 1 aliphatic rings. The number of carbonyl (C=O) groups is 1. The monoisotopic (exact) mass is 504 g/mol. The molecule has 0 spiro atoms. The summed E-state index contributed by atoms with van der Waals surface area (Å²) in [6.07, 6.45) is 7.63. The van der Waals surface area contributed by atoms with E-state index in [4.69, 9.17) is 0 Å². The molecule has 0 saturated heterocycles. The van der Waals surface area contributed by atoms with Gasteiger partial charge in [-0.3, -0.25) is 4.79 Å². The molecule has 0 amide bonds. The van der Waals surface area contributed by atoms with Crippen LogP contribution >= 0.6 is 34.0 Å². The molecule has 4 heteroatoms. The maximum atomic E-state index is 12.8. The Morgan fingerprint density at radius 1 is 0.657 bits per heavy atom. The zero-order valence-corrected chi connectivity index (χ0v) is 21.1. The molecule has 3 heterocycles. The van der Waals surface area contributed by atoms with E-state index >= 15 is 0 Å². The van der Waals surface area contributed by atoms with Gasteiger partial charge < -0.3 is 0 Å². The standard InChI is InChI=1S/C31H20OS3/c32-26-15-12-22-9-4-5-10-23(22)25(26)14-13-24(21-7-2-1-3-8-21)27-16-17-30(34-27)31-19-18-29(35-31)28-11-6-20-33-28/h1-20H/b24-13+,25-14-. The highest BCUT2D eigenvalue weighted by atomic mass is 32.1. The average molecular weight is 505 g/mol. The van der Waals surface area contributed by atoms with Crippen LogP contribution in [0.5, 0.6) is 0 Å². The van der Waals surface area contributed by atoms with Crippen molar-refractivity contribution in [3.05, 3.63) is 136 Å². The summed E-state index contributed by atoms with van der Waals surface area (Å²) in [5.41, 5.74) is 5.03. The fourth-order valence-electron chi connectivity index (χ4n) is 4.19. The molecule has 6 rings (SSSR count). The van der Waals surface area contributed by atoms with Gasteiger partial charge in [-0.2, -0.15) is 0 Å². The Kier molecular flexibility index (Phi) is 6.01. The van der Waals surface area contributed by atoms with Gasteiger partial charge in [0.25, 0.3) is 0 Å². The van der Waals surface area contributed by atoms with Gasteiger partial charge in [-0.1, -0.05) is 72.8 Å². The number of benzene rings is 2. The fraction of sp³-hybridized carbons (Fsp3) is 0. The van der Waals surface area contributed by atoms with E-state index in [1.807, 2.05) is 53.8 Å². The molecule has 168 valence electrons. The molecular formula is C31H20OS3. The molecule has 0 unspecified atom stereocenters. The van der Waals surface area contributed by atoms with Crippen molar-refractivity contribution in [2.75, 3.05) is 0 Å². The summed E-state index contributed by atoms with van der Waals surface area (Å²) in [6, 6.07) is 31.5. The summed E-state index contributed by atoms with van der Waals surface area (Å²) >= 11 is 5.39. The molecule has 35 heavy (non-hydrogen) atoms. The summed E-state index contributed by atoms with van der Waals surface area (Å²) < 4.78 is 0. The molecule has 0 aliphatic heterocycles. The van der Waals surface area contributed by atoms with Gasteiger partial charge in [0.2, 0.25) is 0 Å². The van der Waals surface area contributed by atoms with Crippen LogP contribution < -0.4 is 0 Å². The first kappa shape index (κ1) is 21.9. The van der Waals surface area contributed by atoms with Crippen LogP contribution in [0.1, 0.15) is 21.6 Å². The van der Waals surface area contributed by atoms with Crippen molar-refractivity contribution in [2.24, 2.45) is 0 Å². The molecule has 0 N–H and O–H groups in total. The van der Waals surface area contributed by atoms with E-state index < -0.39 is 0 Å². The van der Waals surface area contributed by atoms with Gasteiger partial charge in [-0.15, -0.1) is 34.0 Å². The van der Waals surface area contributed by atoms with Gasteiger partial charge in [0, 0.05) is 30.0 Å². The highest BCUT2D eigenvalue weighted by Crippen LogP contribution is 2.41. The van der Waals surface area contributed by atoms with Crippen molar-refractivity contribution in [1.82, 2.24) is 0 Å².